The van der Waals surface area contributed by atoms with Crippen LogP contribution in [0.15, 0.2) is 42.7 Å². The summed E-state index contributed by atoms with van der Waals surface area (Å²) in [5.41, 5.74) is 11.4. The minimum Gasteiger partial charge on any atom is -0.333 e. The quantitative estimate of drug-likeness (QED) is 0.638. The fourth-order valence-corrected chi connectivity index (χ4v) is 5.29. The molecule has 4 N–H and O–H groups in total. The van der Waals surface area contributed by atoms with Gasteiger partial charge in [-0.15, -0.1) is 0 Å². The maximum absolute atomic E-state index is 13.3. The molecule has 2 aromatic heterocycles. The number of hydrogen-bond acceptors (Lipinski definition) is 4. The summed E-state index contributed by atoms with van der Waals surface area (Å²) in [6.07, 6.45) is 9.25. The van der Waals surface area contributed by atoms with Crippen molar-refractivity contribution in [3.63, 3.8) is 0 Å². The van der Waals surface area contributed by atoms with Gasteiger partial charge in [0.05, 0.1) is 30.5 Å². The Morgan fingerprint density at radius 3 is 2.71 bits per heavy atom. The molecule has 0 aliphatic carbocycles. The molecule has 0 radical (unpaired) electrons. The predicted molar refractivity (Wildman–Crippen MR) is 117 cm³/mol. The first-order valence-corrected chi connectivity index (χ1v) is 11.0. The molecular weight excluding hydrogens is 388 g/mol. The number of amides is 1. The zero-order valence-electron chi connectivity index (χ0n) is 17.7. The van der Waals surface area contributed by atoms with E-state index in [1.165, 1.54) is 6.42 Å². The maximum Gasteiger partial charge on any atom is 0.254 e. The number of benzene rings is 1. The van der Waals surface area contributed by atoms with Crippen molar-refractivity contribution >= 4 is 17.2 Å². The third-order valence-electron chi connectivity index (χ3n) is 6.89. The van der Waals surface area contributed by atoms with Gasteiger partial charge in [-0.05, 0) is 50.3 Å². The molecule has 3 aromatic rings. The van der Waals surface area contributed by atoms with Gasteiger partial charge < -0.3 is 20.4 Å². The summed E-state index contributed by atoms with van der Waals surface area (Å²) in [5.74, 6) is 0.142. The molecule has 2 saturated heterocycles. The van der Waals surface area contributed by atoms with E-state index in [1.807, 2.05) is 41.0 Å². The minimum atomic E-state index is -0.425. The van der Waals surface area contributed by atoms with Crippen LogP contribution in [-0.2, 0) is 0 Å². The smallest absolute Gasteiger partial charge is 0.254 e. The lowest BCUT2D eigenvalue weighted by atomic mass is 9.98. The van der Waals surface area contributed by atoms with E-state index < -0.39 is 6.04 Å². The summed E-state index contributed by atoms with van der Waals surface area (Å²) >= 11 is 0. The van der Waals surface area contributed by atoms with Gasteiger partial charge in [-0.25, -0.2) is 4.98 Å². The van der Waals surface area contributed by atoms with Gasteiger partial charge >= 0.3 is 0 Å². The first-order valence-electron chi connectivity index (χ1n) is 11.0. The number of rotatable bonds is 4. The lowest BCUT2D eigenvalue weighted by molar-refractivity contribution is -0.540. The monoisotopic (exact) mass is 415 g/mol. The highest BCUT2D eigenvalue weighted by atomic mass is 16.2. The number of aromatic nitrogens is 2. The molecule has 2 fully saturated rings. The first-order chi connectivity index (χ1) is 15.1. The zero-order valence-corrected chi connectivity index (χ0v) is 17.7. The van der Waals surface area contributed by atoms with Gasteiger partial charge in [0.15, 0.2) is 0 Å². The Hall–Kier alpha value is -3.21. The van der Waals surface area contributed by atoms with Crippen LogP contribution in [0.1, 0.15) is 65.3 Å². The van der Waals surface area contributed by atoms with Gasteiger partial charge in [0.2, 0.25) is 0 Å². The van der Waals surface area contributed by atoms with E-state index >= 15 is 0 Å². The number of nitriles is 1. The molecule has 3 atom stereocenters. The molecule has 0 saturated carbocycles. The van der Waals surface area contributed by atoms with Crippen LogP contribution in [0.2, 0.25) is 0 Å². The van der Waals surface area contributed by atoms with Gasteiger partial charge in [0.25, 0.3) is 5.91 Å². The average Bonchev–Trinajstić information content (AvgIpc) is 3.34. The van der Waals surface area contributed by atoms with Gasteiger partial charge in [0.1, 0.15) is 17.4 Å². The van der Waals surface area contributed by atoms with Crippen LogP contribution in [0.3, 0.4) is 0 Å². The summed E-state index contributed by atoms with van der Waals surface area (Å²) < 4.78 is 1.87. The van der Waals surface area contributed by atoms with Crippen molar-refractivity contribution in [2.24, 2.45) is 5.73 Å². The Labute approximate surface area is 181 Å². The maximum atomic E-state index is 13.3. The van der Waals surface area contributed by atoms with Gasteiger partial charge in [-0.3, -0.25) is 4.79 Å². The second-order valence-corrected chi connectivity index (χ2v) is 8.58. The predicted octanol–water partition coefficient (Wildman–Crippen LogP) is 2.24. The Kier molecular flexibility index (Phi) is 4.97. The molecule has 31 heavy (non-hydrogen) atoms. The third-order valence-corrected chi connectivity index (χ3v) is 6.89. The summed E-state index contributed by atoms with van der Waals surface area (Å²) in [6.45, 7) is 0. The molecule has 5 rings (SSSR count). The van der Waals surface area contributed by atoms with E-state index in [0.717, 1.165) is 53.8 Å². The van der Waals surface area contributed by atoms with Crippen molar-refractivity contribution in [1.82, 2.24) is 14.3 Å². The van der Waals surface area contributed by atoms with Crippen LogP contribution in [0.25, 0.3) is 5.65 Å². The van der Waals surface area contributed by atoms with Gasteiger partial charge in [-0.1, -0.05) is 6.07 Å². The number of quaternary nitrogens is 1. The van der Waals surface area contributed by atoms with Crippen molar-refractivity contribution in [3.05, 3.63) is 65.1 Å². The molecule has 7 heteroatoms. The molecule has 2 bridgehead atoms. The molecular formula is C24H27N6O+. The number of pyridine rings is 1. The minimum absolute atomic E-state index is 0.142. The van der Waals surface area contributed by atoms with Crippen LogP contribution < -0.4 is 11.1 Å². The lowest BCUT2D eigenvalue weighted by Gasteiger charge is -2.35. The number of imidazole rings is 1. The van der Waals surface area contributed by atoms with Gasteiger partial charge in [-0.2, -0.15) is 5.26 Å². The second-order valence-electron chi connectivity index (χ2n) is 8.58. The number of carbonyl (C=O) groups is 1. The van der Waals surface area contributed by atoms with Crippen molar-refractivity contribution in [2.75, 3.05) is 7.05 Å². The topological polar surface area (TPSA) is 104 Å². The van der Waals surface area contributed by atoms with Crippen LogP contribution in [0.5, 0.6) is 0 Å². The van der Waals surface area contributed by atoms with E-state index in [0.29, 0.717) is 17.6 Å². The molecule has 0 spiro atoms. The number of fused-ring (bicyclic) bond motifs is 3. The van der Waals surface area contributed by atoms with Crippen molar-refractivity contribution in [2.45, 2.75) is 50.2 Å². The SMILES string of the molecule is C[NH2+]c1cc(C(=O)N2C3CCCC2CC3)ccc1C(N)c1cnc2ccc(C#N)cn12. The largest absolute Gasteiger partial charge is 0.333 e. The zero-order chi connectivity index (χ0) is 21.5. The van der Waals surface area contributed by atoms with Crippen LogP contribution in [0.4, 0.5) is 5.69 Å². The molecule has 1 amide bonds. The summed E-state index contributed by atoms with van der Waals surface area (Å²) in [4.78, 5) is 19.9. The highest BCUT2D eigenvalue weighted by Crippen LogP contribution is 2.37. The number of nitrogens with two attached hydrogens (primary N) is 2. The number of carbonyl (C=O) groups excluding carboxylic acids is 1. The number of nitrogens with zero attached hydrogens (tertiary/aromatic N) is 4. The second kappa shape index (κ2) is 7.80. The van der Waals surface area contributed by atoms with Gasteiger partial charge in [0, 0.05) is 35.5 Å². The van der Waals surface area contributed by atoms with Crippen molar-refractivity contribution in [1.29, 1.82) is 5.26 Å². The molecule has 3 unspecified atom stereocenters. The van der Waals surface area contributed by atoms with Crippen molar-refractivity contribution < 1.29 is 10.1 Å². The highest BCUT2D eigenvalue weighted by Gasteiger charge is 2.40. The number of hydrogen-bond donors (Lipinski definition) is 2. The van der Waals surface area contributed by atoms with Crippen LogP contribution >= 0.6 is 0 Å². The molecule has 4 heterocycles. The first kappa shape index (κ1) is 19.7. The van der Waals surface area contributed by atoms with Crippen molar-refractivity contribution in [3.8, 4) is 6.07 Å². The van der Waals surface area contributed by atoms with E-state index in [-0.39, 0.29) is 5.91 Å². The molecule has 2 aliphatic heterocycles. The fourth-order valence-electron chi connectivity index (χ4n) is 5.29. The van der Waals surface area contributed by atoms with Crippen LogP contribution in [-0.4, -0.2) is 39.3 Å². The molecule has 2 aliphatic rings. The third kappa shape index (κ3) is 3.29. The fraction of sp³-hybridized carbons (Fsp3) is 0.375. The van der Waals surface area contributed by atoms with E-state index in [9.17, 15) is 10.1 Å². The van der Waals surface area contributed by atoms with E-state index in [1.54, 1.807) is 18.5 Å². The molecule has 7 nitrogen and oxygen atoms in total. The molecule has 158 valence electrons. The van der Waals surface area contributed by atoms with E-state index in [2.05, 4.69) is 16.0 Å². The summed E-state index contributed by atoms with van der Waals surface area (Å²) in [6, 6.07) is 11.9. The number of piperidine rings is 1. The Morgan fingerprint density at radius 1 is 1.23 bits per heavy atom. The average molecular weight is 416 g/mol. The van der Waals surface area contributed by atoms with E-state index in [4.69, 9.17) is 5.73 Å². The Balaban J connectivity index is 1.48. The summed E-state index contributed by atoms with van der Waals surface area (Å²) in [5, 5.41) is 11.2. The lowest BCUT2D eigenvalue weighted by Crippen LogP contribution is -2.73. The van der Waals surface area contributed by atoms with Crippen LogP contribution in [0, 0.1) is 11.3 Å². The Morgan fingerprint density at radius 2 is 2.00 bits per heavy atom. The standard InChI is InChI=1S/C24H26N6O/c1-27-20-11-16(24(31)30-17-3-2-4-18(30)8-7-17)6-9-19(20)23(26)21-13-28-22-10-5-15(12-25)14-29(21)22/h5-6,9-11,13-14,17-18,23,27H,2-4,7-8,26H2,1H3/p+1. The Bertz CT molecular complexity index is 1180. The highest BCUT2D eigenvalue weighted by molar-refractivity contribution is 5.95. The normalized spacial score (nSPS) is 21.3. The molecule has 1 aromatic carbocycles. The summed E-state index contributed by atoms with van der Waals surface area (Å²) in [7, 11) is 1.96.